The Morgan fingerprint density at radius 2 is 1.49 bits per heavy atom. The summed E-state index contributed by atoms with van der Waals surface area (Å²) in [7, 11) is 0. The Kier molecular flexibility index (Phi) is 3.92. The molecule has 8 rings (SSSR count). The van der Waals surface area contributed by atoms with Crippen molar-refractivity contribution < 1.29 is 4.74 Å². The van der Waals surface area contributed by atoms with Crippen LogP contribution in [-0.4, -0.2) is 6.71 Å². The van der Waals surface area contributed by atoms with Crippen molar-refractivity contribution in [2.75, 3.05) is 4.90 Å². The van der Waals surface area contributed by atoms with Crippen LogP contribution in [0.2, 0.25) is 0 Å². The molecule has 164 valence electrons. The fraction of sp³-hybridized carbons (Fsp3) is 0.0323. The average Bonchev–Trinajstić information content (AvgIpc) is 2.91. The van der Waals surface area contributed by atoms with Gasteiger partial charge < -0.3 is 9.64 Å². The summed E-state index contributed by atoms with van der Waals surface area (Å²) >= 11 is 1.86. The second-order valence-corrected chi connectivity index (χ2v) is 10.5. The average molecular weight is 465 g/mol. The zero-order valence-corrected chi connectivity index (χ0v) is 20.0. The first-order valence-electron chi connectivity index (χ1n) is 12.0. The molecule has 2 nitrogen and oxygen atoms in total. The number of hydrogen-bond donors (Lipinski definition) is 0. The smallest absolute Gasteiger partial charge is 0.256 e. The van der Waals surface area contributed by atoms with Crippen molar-refractivity contribution in [2.24, 2.45) is 0 Å². The predicted octanol–water partition coefficient (Wildman–Crippen LogP) is 6.53. The van der Waals surface area contributed by atoms with Crippen LogP contribution in [0.1, 0.15) is 5.56 Å². The molecule has 0 amide bonds. The molecule has 0 spiro atoms. The second kappa shape index (κ2) is 7.06. The van der Waals surface area contributed by atoms with Crippen LogP contribution in [0.25, 0.3) is 11.1 Å². The molecule has 0 aliphatic carbocycles. The molecule has 5 aromatic carbocycles. The molecule has 4 heteroatoms. The Labute approximate surface area is 209 Å². The van der Waals surface area contributed by atoms with Crippen molar-refractivity contribution in [3.63, 3.8) is 0 Å². The van der Waals surface area contributed by atoms with Gasteiger partial charge in [-0.05, 0) is 76.4 Å². The molecule has 0 aromatic heterocycles. The third-order valence-electron chi connectivity index (χ3n) is 7.47. The molecule has 0 saturated carbocycles. The van der Waals surface area contributed by atoms with Crippen LogP contribution >= 0.6 is 11.8 Å². The van der Waals surface area contributed by atoms with Gasteiger partial charge in [0.2, 0.25) is 0 Å². The van der Waals surface area contributed by atoms with Crippen LogP contribution in [-0.2, 0) is 0 Å². The molecule has 5 aromatic rings. The maximum Gasteiger partial charge on any atom is 0.256 e. The lowest BCUT2D eigenvalue weighted by molar-refractivity contribution is 0.487. The molecule has 35 heavy (non-hydrogen) atoms. The van der Waals surface area contributed by atoms with Gasteiger partial charge in [0.1, 0.15) is 11.5 Å². The lowest BCUT2D eigenvalue weighted by Crippen LogP contribution is -2.59. The molecule has 0 fully saturated rings. The SMILES string of the molecule is Cc1ccccc1-c1ccc2c(c1)Oc1ccc3c4c1B2c1ccccc1N4c1ccccc1S3. The number of fused-ring (bicyclic) bond motifs is 7. The molecule has 0 saturated heterocycles. The highest BCUT2D eigenvalue weighted by molar-refractivity contribution is 7.99. The summed E-state index contributed by atoms with van der Waals surface area (Å²) in [5.41, 5.74) is 11.3. The number of aryl methyl sites for hydroxylation is 1. The first kappa shape index (κ1) is 19.4. The van der Waals surface area contributed by atoms with E-state index in [1.165, 1.54) is 59.9 Å². The van der Waals surface area contributed by atoms with E-state index < -0.39 is 0 Å². The Hall–Kier alpha value is -3.89. The van der Waals surface area contributed by atoms with E-state index in [4.69, 9.17) is 4.74 Å². The van der Waals surface area contributed by atoms with Crippen molar-refractivity contribution in [1.29, 1.82) is 0 Å². The molecule has 0 N–H and O–H groups in total. The van der Waals surface area contributed by atoms with Gasteiger partial charge in [-0.3, -0.25) is 0 Å². The van der Waals surface area contributed by atoms with Crippen molar-refractivity contribution in [3.05, 3.63) is 109 Å². The minimum Gasteiger partial charge on any atom is -0.458 e. The van der Waals surface area contributed by atoms with E-state index in [2.05, 4.69) is 115 Å². The van der Waals surface area contributed by atoms with Crippen LogP contribution < -0.4 is 26.0 Å². The fourth-order valence-corrected chi connectivity index (χ4v) is 7.01. The van der Waals surface area contributed by atoms with E-state index in [0.29, 0.717) is 0 Å². The number of nitrogens with zero attached hydrogens (tertiary/aromatic N) is 1. The van der Waals surface area contributed by atoms with Gasteiger partial charge in [0.05, 0.1) is 11.4 Å². The first-order chi connectivity index (χ1) is 17.3. The largest absolute Gasteiger partial charge is 0.458 e. The molecular formula is C31H20BNOS. The summed E-state index contributed by atoms with van der Waals surface area (Å²) in [6.07, 6.45) is 0. The normalized spacial score (nSPS) is 13.9. The number of hydrogen-bond acceptors (Lipinski definition) is 3. The van der Waals surface area contributed by atoms with Crippen molar-refractivity contribution in [1.82, 2.24) is 0 Å². The number of benzene rings is 5. The zero-order chi connectivity index (χ0) is 23.1. The summed E-state index contributed by atoms with van der Waals surface area (Å²) in [5, 5.41) is 0. The molecular weight excluding hydrogens is 445 g/mol. The minimum absolute atomic E-state index is 0.146. The quantitative estimate of drug-likeness (QED) is 0.256. The predicted molar refractivity (Wildman–Crippen MR) is 147 cm³/mol. The summed E-state index contributed by atoms with van der Waals surface area (Å²) in [6, 6.07) is 37.3. The zero-order valence-electron chi connectivity index (χ0n) is 19.2. The number of para-hydroxylation sites is 2. The van der Waals surface area contributed by atoms with Crippen LogP contribution in [0, 0.1) is 6.92 Å². The topological polar surface area (TPSA) is 12.5 Å². The van der Waals surface area contributed by atoms with Gasteiger partial charge in [0, 0.05) is 15.5 Å². The van der Waals surface area contributed by atoms with E-state index in [1.807, 2.05) is 11.8 Å². The highest BCUT2D eigenvalue weighted by Crippen LogP contribution is 2.53. The van der Waals surface area contributed by atoms with Crippen LogP contribution in [0.4, 0.5) is 17.1 Å². The van der Waals surface area contributed by atoms with Gasteiger partial charge in [0.15, 0.2) is 0 Å². The van der Waals surface area contributed by atoms with E-state index in [1.54, 1.807) is 0 Å². The van der Waals surface area contributed by atoms with Crippen molar-refractivity contribution in [3.8, 4) is 22.6 Å². The summed E-state index contributed by atoms with van der Waals surface area (Å²) in [5.74, 6) is 1.91. The van der Waals surface area contributed by atoms with Gasteiger partial charge in [-0.2, -0.15) is 0 Å². The van der Waals surface area contributed by atoms with Crippen molar-refractivity contribution >= 4 is 51.9 Å². The summed E-state index contributed by atoms with van der Waals surface area (Å²) in [4.78, 5) is 5.01. The van der Waals surface area contributed by atoms with Crippen molar-refractivity contribution in [2.45, 2.75) is 16.7 Å². The number of ether oxygens (including phenoxy) is 1. The van der Waals surface area contributed by atoms with Crippen LogP contribution in [0.15, 0.2) is 113 Å². The third kappa shape index (κ3) is 2.63. The van der Waals surface area contributed by atoms with Crippen LogP contribution in [0.5, 0.6) is 11.5 Å². The molecule has 3 aliphatic heterocycles. The van der Waals surface area contributed by atoms with E-state index in [0.717, 1.165) is 11.5 Å². The first-order valence-corrected chi connectivity index (χ1v) is 12.8. The monoisotopic (exact) mass is 465 g/mol. The lowest BCUT2D eigenvalue weighted by Gasteiger charge is -2.43. The Morgan fingerprint density at radius 1 is 0.686 bits per heavy atom. The Morgan fingerprint density at radius 3 is 2.40 bits per heavy atom. The molecule has 3 aliphatic rings. The minimum atomic E-state index is 0.146. The Balaban J connectivity index is 1.39. The molecule has 3 heterocycles. The summed E-state index contributed by atoms with van der Waals surface area (Å²) in [6.45, 7) is 2.31. The number of rotatable bonds is 1. The maximum atomic E-state index is 6.67. The third-order valence-corrected chi connectivity index (χ3v) is 8.58. The van der Waals surface area contributed by atoms with E-state index >= 15 is 0 Å². The standard InChI is InChI=1S/C31H20BNOS/c1-19-8-2-3-9-21(19)20-14-15-23-27(18-20)34-26-16-17-29-31-30(26)32(23)22-10-4-5-11-24(22)33(31)25-12-6-7-13-28(25)35-29/h2-18H,1H3. The second-order valence-electron chi connectivity index (χ2n) is 9.39. The maximum absolute atomic E-state index is 6.67. The van der Waals surface area contributed by atoms with Gasteiger partial charge >= 0.3 is 0 Å². The van der Waals surface area contributed by atoms with Crippen LogP contribution in [0.3, 0.4) is 0 Å². The van der Waals surface area contributed by atoms with Gasteiger partial charge in [0.25, 0.3) is 6.71 Å². The molecule has 0 radical (unpaired) electrons. The van der Waals surface area contributed by atoms with E-state index in [9.17, 15) is 0 Å². The van der Waals surface area contributed by atoms with E-state index in [-0.39, 0.29) is 6.71 Å². The highest BCUT2D eigenvalue weighted by atomic mass is 32.2. The highest BCUT2D eigenvalue weighted by Gasteiger charge is 2.44. The molecule has 0 atom stereocenters. The number of anilines is 3. The van der Waals surface area contributed by atoms with Gasteiger partial charge in [-0.15, -0.1) is 0 Å². The summed E-state index contributed by atoms with van der Waals surface area (Å²) < 4.78 is 6.67. The molecule has 0 bridgehead atoms. The van der Waals surface area contributed by atoms with Gasteiger partial charge in [-0.1, -0.05) is 78.5 Å². The lowest BCUT2D eigenvalue weighted by atomic mass is 9.34. The molecule has 0 unspecified atom stereocenters. The Bertz CT molecular complexity index is 1690. The van der Waals surface area contributed by atoms with Gasteiger partial charge in [-0.25, -0.2) is 0 Å². The fourth-order valence-electron chi connectivity index (χ4n) is 5.93.